The molecule has 0 atom stereocenters. The third-order valence-electron chi connectivity index (χ3n) is 2.93. The Labute approximate surface area is 112 Å². The van der Waals surface area contributed by atoms with Gasteiger partial charge >= 0.3 is 5.97 Å². The topological polar surface area (TPSA) is 62.2 Å². The van der Waals surface area contributed by atoms with Crippen molar-refractivity contribution in [2.45, 2.75) is 20.8 Å². The van der Waals surface area contributed by atoms with E-state index in [9.17, 15) is 4.79 Å². The number of anilines is 2. The number of carbonyl (C=O) groups is 1. The Morgan fingerprint density at radius 2 is 1.79 bits per heavy atom. The molecule has 1 aromatic carbocycles. The van der Waals surface area contributed by atoms with Crippen LogP contribution in [0.4, 0.5) is 11.5 Å². The molecule has 0 saturated heterocycles. The number of carboxylic acid groups (broad SMARTS) is 1. The Morgan fingerprint density at radius 1 is 1.16 bits per heavy atom. The van der Waals surface area contributed by atoms with Crippen LogP contribution in [0.25, 0.3) is 0 Å². The second kappa shape index (κ2) is 5.10. The lowest BCUT2D eigenvalue weighted by atomic mass is 10.1. The first-order chi connectivity index (χ1) is 8.97. The third-order valence-corrected chi connectivity index (χ3v) is 2.93. The third kappa shape index (κ3) is 2.91. The molecule has 1 heterocycles. The highest BCUT2D eigenvalue weighted by Gasteiger charge is 2.08. The molecule has 19 heavy (non-hydrogen) atoms. The summed E-state index contributed by atoms with van der Waals surface area (Å²) in [7, 11) is 0. The number of aryl methyl sites for hydroxylation is 3. The minimum atomic E-state index is -0.949. The second-order valence-corrected chi connectivity index (χ2v) is 4.58. The first-order valence-electron chi connectivity index (χ1n) is 6.02. The van der Waals surface area contributed by atoms with Gasteiger partial charge in [0.05, 0.1) is 5.56 Å². The molecular weight excluding hydrogens is 240 g/mol. The van der Waals surface area contributed by atoms with Crippen molar-refractivity contribution < 1.29 is 9.90 Å². The molecule has 0 bridgehead atoms. The largest absolute Gasteiger partial charge is 0.478 e. The molecule has 0 aliphatic carbocycles. The quantitative estimate of drug-likeness (QED) is 0.883. The second-order valence-electron chi connectivity index (χ2n) is 4.58. The van der Waals surface area contributed by atoms with Crippen LogP contribution >= 0.6 is 0 Å². The number of carboxylic acids is 1. The summed E-state index contributed by atoms with van der Waals surface area (Å²) in [6.45, 7) is 5.79. The molecule has 0 fully saturated rings. The maximum Gasteiger partial charge on any atom is 0.335 e. The maximum atomic E-state index is 11.0. The van der Waals surface area contributed by atoms with Crippen molar-refractivity contribution in [3.63, 3.8) is 0 Å². The first kappa shape index (κ1) is 13.1. The summed E-state index contributed by atoms with van der Waals surface area (Å²) in [6, 6.07) is 9.09. The van der Waals surface area contributed by atoms with E-state index in [0.717, 1.165) is 16.8 Å². The Hall–Kier alpha value is -2.36. The van der Waals surface area contributed by atoms with E-state index in [0.29, 0.717) is 11.5 Å². The molecule has 98 valence electrons. The van der Waals surface area contributed by atoms with Crippen LogP contribution in [-0.2, 0) is 0 Å². The highest BCUT2D eigenvalue weighted by atomic mass is 16.4. The monoisotopic (exact) mass is 256 g/mol. The van der Waals surface area contributed by atoms with E-state index in [1.165, 1.54) is 0 Å². The molecule has 2 aromatic rings. The standard InChI is InChI=1S/C15H16N2O2/c1-9-5-4-6-10(2)14(9)17-13-8-12(15(18)19)7-11(3)16-13/h4-8H,1-3H3,(H,16,17)(H,18,19). The molecule has 2 N–H and O–H groups in total. The van der Waals surface area contributed by atoms with Gasteiger partial charge in [-0.15, -0.1) is 0 Å². The fourth-order valence-corrected chi connectivity index (χ4v) is 2.00. The van der Waals surface area contributed by atoms with Crippen molar-refractivity contribution in [1.29, 1.82) is 0 Å². The van der Waals surface area contributed by atoms with Gasteiger partial charge in [0.2, 0.25) is 0 Å². The van der Waals surface area contributed by atoms with E-state index in [1.807, 2.05) is 32.0 Å². The van der Waals surface area contributed by atoms with Crippen molar-refractivity contribution >= 4 is 17.5 Å². The Kier molecular flexibility index (Phi) is 3.51. The minimum absolute atomic E-state index is 0.237. The van der Waals surface area contributed by atoms with Gasteiger partial charge in [0.25, 0.3) is 0 Å². The lowest BCUT2D eigenvalue weighted by Gasteiger charge is -2.12. The zero-order valence-electron chi connectivity index (χ0n) is 11.2. The van der Waals surface area contributed by atoms with Crippen LogP contribution in [0, 0.1) is 20.8 Å². The molecule has 2 rings (SSSR count). The smallest absolute Gasteiger partial charge is 0.335 e. The molecule has 0 aliphatic heterocycles. The number of nitrogens with zero attached hydrogens (tertiary/aromatic N) is 1. The molecule has 1 aromatic heterocycles. The van der Waals surface area contributed by atoms with E-state index < -0.39 is 5.97 Å². The number of pyridine rings is 1. The van der Waals surface area contributed by atoms with Crippen LogP contribution in [0.5, 0.6) is 0 Å². The predicted octanol–water partition coefficient (Wildman–Crippen LogP) is 3.45. The summed E-state index contributed by atoms with van der Waals surface area (Å²) < 4.78 is 0. The van der Waals surface area contributed by atoms with Crippen molar-refractivity contribution in [2.24, 2.45) is 0 Å². The average molecular weight is 256 g/mol. The van der Waals surface area contributed by atoms with Gasteiger partial charge in [-0.2, -0.15) is 0 Å². The molecular formula is C15H16N2O2. The van der Waals surface area contributed by atoms with Crippen LogP contribution in [0.15, 0.2) is 30.3 Å². The van der Waals surface area contributed by atoms with Gasteiger partial charge in [-0.05, 0) is 44.0 Å². The molecule has 0 saturated carbocycles. The Morgan fingerprint density at radius 3 is 2.37 bits per heavy atom. The molecule has 0 aliphatic rings. The summed E-state index contributed by atoms with van der Waals surface area (Å²) in [5.74, 6) is -0.398. The predicted molar refractivity (Wildman–Crippen MR) is 75.1 cm³/mol. The van der Waals surface area contributed by atoms with Gasteiger partial charge in [-0.1, -0.05) is 18.2 Å². The Bertz CT molecular complexity index is 616. The van der Waals surface area contributed by atoms with Crippen LogP contribution in [-0.4, -0.2) is 16.1 Å². The van der Waals surface area contributed by atoms with Crippen LogP contribution in [0.3, 0.4) is 0 Å². The summed E-state index contributed by atoms with van der Waals surface area (Å²) in [6.07, 6.45) is 0. The summed E-state index contributed by atoms with van der Waals surface area (Å²) in [4.78, 5) is 15.4. The first-order valence-corrected chi connectivity index (χ1v) is 6.02. The van der Waals surface area contributed by atoms with Crippen molar-refractivity contribution in [3.05, 3.63) is 52.7 Å². The van der Waals surface area contributed by atoms with Crippen molar-refractivity contribution in [3.8, 4) is 0 Å². The molecule has 4 heteroatoms. The minimum Gasteiger partial charge on any atom is -0.478 e. The van der Waals surface area contributed by atoms with Crippen molar-refractivity contribution in [2.75, 3.05) is 5.32 Å². The van der Waals surface area contributed by atoms with Gasteiger partial charge in [-0.25, -0.2) is 9.78 Å². The zero-order chi connectivity index (χ0) is 14.0. The van der Waals surface area contributed by atoms with Gasteiger partial charge in [0.15, 0.2) is 0 Å². The lowest BCUT2D eigenvalue weighted by Crippen LogP contribution is -2.03. The van der Waals surface area contributed by atoms with E-state index in [4.69, 9.17) is 5.11 Å². The molecule has 0 spiro atoms. The van der Waals surface area contributed by atoms with Crippen LogP contribution in [0.2, 0.25) is 0 Å². The van der Waals surface area contributed by atoms with Gasteiger partial charge in [-0.3, -0.25) is 0 Å². The highest BCUT2D eigenvalue weighted by Crippen LogP contribution is 2.24. The fraction of sp³-hybridized carbons (Fsp3) is 0.200. The normalized spacial score (nSPS) is 10.3. The number of hydrogen-bond acceptors (Lipinski definition) is 3. The number of aromatic nitrogens is 1. The zero-order valence-corrected chi connectivity index (χ0v) is 11.2. The number of rotatable bonds is 3. The average Bonchev–Trinajstić information content (AvgIpc) is 2.33. The Balaban J connectivity index is 2.41. The fourth-order valence-electron chi connectivity index (χ4n) is 2.00. The summed E-state index contributed by atoms with van der Waals surface area (Å²) in [5.41, 5.74) is 4.08. The van der Waals surface area contributed by atoms with Gasteiger partial charge in [0, 0.05) is 11.4 Å². The van der Waals surface area contributed by atoms with E-state index in [-0.39, 0.29) is 5.56 Å². The number of benzene rings is 1. The van der Waals surface area contributed by atoms with Gasteiger partial charge < -0.3 is 10.4 Å². The van der Waals surface area contributed by atoms with E-state index >= 15 is 0 Å². The number of para-hydroxylation sites is 1. The maximum absolute atomic E-state index is 11.0. The molecule has 0 radical (unpaired) electrons. The lowest BCUT2D eigenvalue weighted by molar-refractivity contribution is 0.0696. The number of hydrogen-bond donors (Lipinski definition) is 2. The number of aromatic carboxylic acids is 1. The van der Waals surface area contributed by atoms with Crippen molar-refractivity contribution in [1.82, 2.24) is 4.98 Å². The molecule has 0 amide bonds. The summed E-state index contributed by atoms with van der Waals surface area (Å²) >= 11 is 0. The molecule has 4 nitrogen and oxygen atoms in total. The van der Waals surface area contributed by atoms with E-state index in [2.05, 4.69) is 10.3 Å². The molecule has 0 unspecified atom stereocenters. The van der Waals surface area contributed by atoms with E-state index in [1.54, 1.807) is 19.1 Å². The SMILES string of the molecule is Cc1cc(C(=O)O)cc(Nc2c(C)cccc2C)n1. The van der Waals surface area contributed by atoms with Crippen LogP contribution in [0.1, 0.15) is 27.2 Å². The highest BCUT2D eigenvalue weighted by molar-refractivity contribution is 5.89. The van der Waals surface area contributed by atoms with Gasteiger partial charge in [0.1, 0.15) is 5.82 Å². The van der Waals surface area contributed by atoms with Crippen LogP contribution < -0.4 is 5.32 Å². The number of nitrogens with one attached hydrogen (secondary N) is 1. The summed E-state index contributed by atoms with van der Waals surface area (Å²) in [5, 5.41) is 12.3.